The summed E-state index contributed by atoms with van der Waals surface area (Å²) in [5, 5.41) is 23.2. The van der Waals surface area contributed by atoms with Crippen molar-refractivity contribution in [2.45, 2.75) is 149 Å². The van der Waals surface area contributed by atoms with Gasteiger partial charge in [0.15, 0.2) is 0 Å². The van der Waals surface area contributed by atoms with Crippen molar-refractivity contribution >= 4 is 58.9 Å². The molecule has 4 aliphatic rings. The molecule has 0 saturated carbocycles. The van der Waals surface area contributed by atoms with Crippen molar-refractivity contribution < 1.29 is 101 Å². The van der Waals surface area contributed by atoms with E-state index < -0.39 is 95.9 Å². The molecule has 0 aliphatic carbocycles. The molecule has 0 atom stereocenters. The summed E-state index contributed by atoms with van der Waals surface area (Å²) in [4.78, 5) is 144. The van der Waals surface area contributed by atoms with Gasteiger partial charge in [0.2, 0.25) is 43.3 Å². The summed E-state index contributed by atoms with van der Waals surface area (Å²) < 4.78 is 152. The van der Waals surface area contributed by atoms with Crippen LogP contribution >= 0.6 is 0 Å². The summed E-state index contributed by atoms with van der Waals surface area (Å²) in [6.45, 7) is 7.04. The number of alkyl halides is 11. The number of fused-ring (bicyclic) bond motifs is 4. The lowest BCUT2D eigenvalue weighted by Crippen LogP contribution is -2.42. The summed E-state index contributed by atoms with van der Waals surface area (Å²) in [6.07, 6.45) is -4.15. The number of carbonyl (C=O) groups excluding carboxylic acids is 6. The second-order valence-electron chi connectivity index (χ2n) is 30.9. The third kappa shape index (κ3) is 26.7. The number of para-hydroxylation sites is 2. The third-order valence-electron chi connectivity index (χ3n) is 20.0. The van der Waals surface area contributed by atoms with Gasteiger partial charge in [0.05, 0.1) is 83.4 Å². The van der Waals surface area contributed by atoms with Crippen LogP contribution in [0.3, 0.4) is 0 Å². The Morgan fingerprint density at radius 1 is 0.421 bits per heavy atom. The predicted octanol–water partition coefficient (Wildman–Crippen LogP) is 17.0. The number of imide groups is 1. The van der Waals surface area contributed by atoms with Crippen LogP contribution in [0.4, 0.5) is 85.6 Å². The van der Waals surface area contributed by atoms with Gasteiger partial charge in [-0.2, -0.15) is 18.1 Å². The number of nitro groups is 2. The second kappa shape index (κ2) is 43.5. The molecule has 2 aromatic carbocycles. The molecule has 16 rings (SSSR count). The molecule has 0 saturated heterocycles. The van der Waals surface area contributed by atoms with Gasteiger partial charge < -0.3 is 34.6 Å². The van der Waals surface area contributed by atoms with E-state index in [9.17, 15) is 97.3 Å². The minimum Gasteiger partial charge on any atom is -0.444 e. The van der Waals surface area contributed by atoms with Gasteiger partial charge in [0.1, 0.15) is 22.8 Å². The van der Waals surface area contributed by atoms with Gasteiger partial charge in [-0.05, 0) is 174 Å². The largest absolute Gasteiger partial charge is 0.471 e. The molecule has 0 fully saturated rings. The molecular formula is C91H79F11N18O13. The maximum Gasteiger partial charge on any atom is 0.471 e. The Kier molecular flexibility index (Phi) is 31.5. The molecule has 31 nitrogen and oxygen atoms in total. The summed E-state index contributed by atoms with van der Waals surface area (Å²) in [7, 11) is 0. The first kappa shape index (κ1) is 96.3. The van der Waals surface area contributed by atoms with E-state index in [1.807, 2.05) is 12.1 Å². The number of anilines is 2. The molecule has 14 heterocycles. The second-order valence-corrected chi connectivity index (χ2v) is 30.9. The summed E-state index contributed by atoms with van der Waals surface area (Å²) in [6, 6.07) is 41.5. The summed E-state index contributed by atoms with van der Waals surface area (Å²) in [5.74, 6) is -2.72. The number of carbonyl (C=O) groups is 6. The van der Waals surface area contributed by atoms with Crippen LogP contribution in [0.5, 0.6) is 11.5 Å². The van der Waals surface area contributed by atoms with Crippen molar-refractivity contribution in [1.82, 2.24) is 69.4 Å². The number of rotatable bonds is 20. The van der Waals surface area contributed by atoms with Crippen LogP contribution < -0.4 is 20.1 Å². The smallest absolute Gasteiger partial charge is 0.444 e. The van der Waals surface area contributed by atoms with Crippen molar-refractivity contribution in [3.63, 3.8) is 0 Å². The SMILES string of the molecule is CC(C)(C)OC(=O)N1Cc2cnc(CC(F)F)cc2C1.Nc1ccc(-c2cccnc2)nc1CC(=O)N1Cc2cnc(CC(F)F)cc2C1.O=C(Cc1nc(-c2cccnc2)ccc1[N+](=O)[O-])N1Cc2cnc(CC(F)F)cc2C1.O=C(N1Cc2cnc(CC(F)F)cc2C1)C(F)(F)F.O=C(Oc1ccccc1)N(C(=O)Oc1ccccc1)c1nc(-c2cccnc2)ccc1[N+](=O)[O-]. The van der Waals surface area contributed by atoms with E-state index in [0.29, 0.717) is 92.4 Å². The number of hydrogen-bond donors (Lipinski definition) is 1. The number of ether oxygens (including phenoxy) is 3. The molecule has 6 amide bonds. The Bertz CT molecular complexity index is 6140. The van der Waals surface area contributed by atoms with E-state index in [-0.39, 0.29) is 104 Å². The van der Waals surface area contributed by atoms with Gasteiger partial charge in [-0.1, -0.05) is 36.4 Å². The van der Waals surface area contributed by atoms with Crippen LogP contribution in [0.2, 0.25) is 0 Å². The number of benzene rings is 2. The van der Waals surface area contributed by atoms with Crippen LogP contribution in [0, 0.1) is 20.2 Å². The van der Waals surface area contributed by atoms with Crippen LogP contribution in [0.1, 0.15) is 99.4 Å². The maximum absolute atomic E-state index is 13.1. The fourth-order valence-corrected chi connectivity index (χ4v) is 13.8. The van der Waals surface area contributed by atoms with E-state index in [0.717, 1.165) is 45.0 Å². The Balaban J connectivity index is 0.000000152. The molecule has 0 unspecified atom stereocenters. The predicted molar refractivity (Wildman–Crippen MR) is 455 cm³/mol. The van der Waals surface area contributed by atoms with Gasteiger partial charge in [-0.25, -0.2) is 59.5 Å². The number of pyridine rings is 10. The average molecular weight is 1840 g/mol. The van der Waals surface area contributed by atoms with E-state index in [2.05, 4.69) is 49.8 Å². The van der Waals surface area contributed by atoms with Crippen molar-refractivity contribution in [2.75, 3.05) is 10.6 Å². The molecule has 2 N–H and O–H groups in total. The number of nitrogens with zero attached hydrogens (tertiary/aromatic N) is 17. The van der Waals surface area contributed by atoms with Gasteiger partial charge in [0, 0.05) is 159 Å². The standard InChI is InChI=1S/C24H16N4O6.C21H17F2N5O3.C21H19F2N5O.C14H18F2N2O2.C11H9F5N2O/c29-23(33-18-9-3-1-4-10-18)27(24(30)34-19-11-5-2-6-12-19)22-21(28(31)32)14-13-20(26-22)17-8-7-15-25-16-17;22-20(23)7-16-6-14-11-27(12-15(14)10-25-16)21(29)8-18-19(28(30)31)4-3-17(26-18)13-2-1-5-24-9-13;22-20(23)7-16-6-14-11-28(12-15(14)10-26-16)21(29)8-19-17(24)3-4-18(27-19)13-2-1-5-25-9-13;1-14(2,3)20-13(19)18-7-9-4-11(5-12(15)16)17-6-10(9)8-18;12-9(13)2-8-1-6-4-18(5-7(6)3-17-8)10(19)11(14,15)16/h1-16H;1-6,9-10,20H,7-8,11-12H2;1-6,9-10,20H,7-8,11-12,24H2;4,6,12H,5,7-8H2,1-3H3;1,3,9H,2,4-5H2. The summed E-state index contributed by atoms with van der Waals surface area (Å²) >= 11 is 0. The number of halogens is 11. The zero-order valence-corrected chi connectivity index (χ0v) is 70.6. The minimum atomic E-state index is -4.93. The lowest BCUT2D eigenvalue weighted by molar-refractivity contribution is -0.385. The number of nitrogens with two attached hydrogens (primary N) is 1. The highest BCUT2D eigenvalue weighted by Crippen LogP contribution is 2.36. The molecule has 12 aromatic rings. The first-order valence-corrected chi connectivity index (χ1v) is 40.4. The average Bonchev–Trinajstić information content (AvgIpc) is 1.77. The normalized spacial score (nSPS) is 12.8. The van der Waals surface area contributed by atoms with Crippen LogP contribution in [-0.4, -0.2) is 153 Å². The molecule has 133 heavy (non-hydrogen) atoms. The molecule has 0 spiro atoms. The summed E-state index contributed by atoms with van der Waals surface area (Å²) in [5.41, 5.74) is 16.1. The number of nitrogen functional groups attached to an aromatic ring is 1. The van der Waals surface area contributed by atoms with Gasteiger partial charge in [0.25, 0.3) is 5.69 Å². The zero-order valence-electron chi connectivity index (χ0n) is 70.6. The Morgan fingerprint density at radius 3 is 1.13 bits per heavy atom. The van der Waals surface area contributed by atoms with Gasteiger partial charge in [-0.15, -0.1) is 0 Å². The van der Waals surface area contributed by atoms with Crippen LogP contribution in [0.15, 0.2) is 220 Å². The number of hydrogen-bond acceptors (Lipinski definition) is 24. The zero-order chi connectivity index (χ0) is 95.4. The third-order valence-corrected chi connectivity index (χ3v) is 20.0. The first-order valence-electron chi connectivity index (χ1n) is 40.4. The van der Waals surface area contributed by atoms with E-state index >= 15 is 0 Å². The lowest BCUT2D eigenvalue weighted by Gasteiger charge is -2.24. The quantitative estimate of drug-likeness (QED) is 0.0420. The highest BCUT2D eigenvalue weighted by molar-refractivity contribution is 6.11. The molecule has 688 valence electrons. The van der Waals surface area contributed by atoms with Crippen molar-refractivity contribution in [3.05, 3.63) is 319 Å². The molecule has 0 bridgehead atoms. The van der Waals surface area contributed by atoms with Crippen LogP contribution in [0.25, 0.3) is 33.8 Å². The first-order chi connectivity index (χ1) is 63.4. The topological polar surface area (TPSA) is 388 Å². The fraction of sp³-hybridized carbons (Fsp3) is 0.253. The Labute approximate surface area is 749 Å². The number of aromatic nitrogens is 10. The molecule has 0 radical (unpaired) electrons. The minimum absolute atomic E-state index is 0.0591. The van der Waals surface area contributed by atoms with E-state index in [1.165, 1.54) is 72.0 Å². The molecule has 4 aliphatic heterocycles. The molecule has 10 aromatic heterocycles. The maximum atomic E-state index is 13.1. The number of amides is 6. The van der Waals surface area contributed by atoms with Crippen molar-refractivity contribution in [3.8, 4) is 45.3 Å². The van der Waals surface area contributed by atoms with Crippen molar-refractivity contribution in [2.24, 2.45) is 0 Å². The highest BCUT2D eigenvalue weighted by atomic mass is 19.4. The Hall–Kier alpha value is -15.8. The van der Waals surface area contributed by atoms with E-state index in [4.69, 9.17) is 19.9 Å². The monoisotopic (exact) mass is 1840 g/mol. The highest BCUT2D eigenvalue weighted by Gasteiger charge is 2.45. The fourth-order valence-electron chi connectivity index (χ4n) is 13.8. The van der Waals surface area contributed by atoms with Gasteiger partial charge >= 0.3 is 36.1 Å². The van der Waals surface area contributed by atoms with E-state index in [1.54, 1.807) is 165 Å². The van der Waals surface area contributed by atoms with Crippen LogP contribution in [-0.2, 0) is 110 Å². The van der Waals surface area contributed by atoms with Crippen molar-refractivity contribution in [1.29, 1.82) is 0 Å². The molecule has 42 heteroatoms. The lowest BCUT2D eigenvalue weighted by atomic mass is 10.1. The molecular weight excluding hydrogens is 1760 g/mol. The Morgan fingerprint density at radius 2 is 0.759 bits per heavy atom. The van der Waals surface area contributed by atoms with Gasteiger partial charge in [-0.3, -0.25) is 79.4 Å².